The highest BCUT2D eigenvalue weighted by Gasteiger charge is 2.20. The molecule has 162 valence electrons. The van der Waals surface area contributed by atoms with Crippen LogP contribution >= 0.6 is 15.9 Å². The zero-order valence-corrected chi connectivity index (χ0v) is 19.3. The molecule has 3 aromatic rings. The van der Waals surface area contributed by atoms with Crippen molar-refractivity contribution in [1.29, 1.82) is 0 Å². The molecule has 0 unspecified atom stereocenters. The Labute approximate surface area is 189 Å². The summed E-state index contributed by atoms with van der Waals surface area (Å²) in [5.74, 6) is 1.24. The van der Waals surface area contributed by atoms with Crippen LogP contribution in [0.4, 0.5) is 0 Å². The van der Waals surface area contributed by atoms with Gasteiger partial charge in [0.15, 0.2) is 0 Å². The van der Waals surface area contributed by atoms with E-state index in [1.807, 2.05) is 18.2 Å². The van der Waals surface area contributed by atoms with Gasteiger partial charge < -0.3 is 13.9 Å². The van der Waals surface area contributed by atoms with Gasteiger partial charge in [-0.25, -0.2) is 4.79 Å². The van der Waals surface area contributed by atoms with Gasteiger partial charge in [-0.15, -0.1) is 0 Å². The first kappa shape index (κ1) is 21.6. The number of halogens is 1. The fourth-order valence-corrected chi connectivity index (χ4v) is 4.41. The third-order valence-corrected chi connectivity index (χ3v) is 6.20. The Morgan fingerprint density at radius 3 is 2.71 bits per heavy atom. The molecule has 0 fully saturated rings. The van der Waals surface area contributed by atoms with Crippen LogP contribution in [0.2, 0.25) is 0 Å². The maximum atomic E-state index is 12.2. The van der Waals surface area contributed by atoms with Crippen LogP contribution in [-0.2, 0) is 17.6 Å². The number of rotatable bonds is 7. The summed E-state index contributed by atoms with van der Waals surface area (Å²) in [4.78, 5) is 24.4. The number of carbonyl (C=O) groups excluding carboxylic acids is 1. The minimum Gasteiger partial charge on any atom is -0.492 e. The molecule has 0 amide bonds. The van der Waals surface area contributed by atoms with Crippen molar-refractivity contribution < 1.29 is 18.7 Å². The van der Waals surface area contributed by atoms with Gasteiger partial charge in [0.1, 0.15) is 17.1 Å². The second kappa shape index (κ2) is 9.27. The fraction of sp³-hybridized carbons (Fsp3) is 0.360. The molecule has 0 saturated carbocycles. The first-order valence-corrected chi connectivity index (χ1v) is 11.4. The van der Waals surface area contributed by atoms with Crippen LogP contribution in [0.5, 0.6) is 11.5 Å². The van der Waals surface area contributed by atoms with E-state index in [1.54, 1.807) is 12.1 Å². The molecule has 4 rings (SSSR count). The van der Waals surface area contributed by atoms with Gasteiger partial charge >= 0.3 is 11.6 Å². The molecule has 0 bridgehead atoms. The number of carbonyl (C=O) groups is 1. The highest BCUT2D eigenvalue weighted by atomic mass is 79.9. The minimum atomic E-state index is -0.347. The molecule has 0 aliphatic heterocycles. The van der Waals surface area contributed by atoms with Crippen LogP contribution in [0.25, 0.3) is 11.0 Å². The smallest absolute Gasteiger partial charge is 0.339 e. The molecule has 0 spiro atoms. The van der Waals surface area contributed by atoms with E-state index in [0.29, 0.717) is 30.3 Å². The van der Waals surface area contributed by atoms with E-state index in [9.17, 15) is 9.59 Å². The van der Waals surface area contributed by atoms with Gasteiger partial charge in [-0.1, -0.05) is 19.9 Å². The van der Waals surface area contributed by atoms with Crippen molar-refractivity contribution in [3.63, 3.8) is 0 Å². The number of hydrogen-bond donors (Lipinski definition) is 0. The summed E-state index contributed by atoms with van der Waals surface area (Å²) in [5.41, 5.74) is 3.26. The topological polar surface area (TPSA) is 65.7 Å². The van der Waals surface area contributed by atoms with Gasteiger partial charge in [0.05, 0.1) is 11.1 Å². The molecule has 1 aliphatic rings. The van der Waals surface area contributed by atoms with Crippen LogP contribution in [-0.4, -0.2) is 12.6 Å². The Balaban J connectivity index is 1.32. The van der Waals surface area contributed by atoms with Gasteiger partial charge in [-0.05, 0) is 82.9 Å². The molecule has 0 N–H and O–H groups in total. The third-order valence-electron chi connectivity index (χ3n) is 5.58. The van der Waals surface area contributed by atoms with Gasteiger partial charge in [0, 0.05) is 23.4 Å². The average Bonchev–Trinajstić information content (AvgIpc) is 3.23. The summed E-state index contributed by atoms with van der Waals surface area (Å²) in [5, 5.41) is 0.925. The zero-order valence-electron chi connectivity index (χ0n) is 17.7. The maximum absolute atomic E-state index is 12.2. The van der Waals surface area contributed by atoms with Crippen molar-refractivity contribution >= 4 is 32.9 Å². The number of benzene rings is 2. The molecular formula is C25H25BrO5. The van der Waals surface area contributed by atoms with Gasteiger partial charge in [0.2, 0.25) is 0 Å². The zero-order chi connectivity index (χ0) is 22.0. The van der Waals surface area contributed by atoms with Crippen LogP contribution in [0.15, 0.2) is 50.1 Å². The quantitative estimate of drug-likeness (QED) is 0.180. The Morgan fingerprint density at radius 1 is 1.13 bits per heavy atom. The number of hydrogen-bond acceptors (Lipinski definition) is 5. The summed E-state index contributed by atoms with van der Waals surface area (Å²) in [7, 11) is 0. The van der Waals surface area contributed by atoms with Crippen LogP contribution in [0.3, 0.4) is 0 Å². The van der Waals surface area contributed by atoms with Crippen molar-refractivity contribution in [2.75, 3.05) is 6.61 Å². The maximum Gasteiger partial charge on any atom is 0.339 e. The first-order chi connectivity index (χ1) is 14.9. The van der Waals surface area contributed by atoms with Crippen molar-refractivity contribution in [3.8, 4) is 11.5 Å². The monoisotopic (exact) mass is 484 g/mol. The van der Waals surface area contributed by atoms with E-state index in [1.165, 1.54) is 5.56 Å². The highest BCUT2D eigenvalue weighted by Crippen LogP contribution is 2.30. The van der Waals surface area contributed by atoms with E-state index in [0.717, 1.165) is 46.0 Å². The predicted octanol–water partition coefficient (Wildman–Crippen LogP) is 5.93. The van der Waals surface area contributed by atoms with Gasteiger partial charge in [-0.3, -0.25) is 4.79 Å². The normalized spacial score (nSPS) is 12.9. The molecule has 0 saturated heterocycles. The molecule has 6 heteroatoms. The van der Waals surface area contributed by atoms with Crippen LogP contribution < -0.4 is 15.1 Å². The number of esters is 1. The van der Waals surface area contributed by atoms with E-state index >= 15 is 0 Å². The summed E-state index contributed by atoms with van der Waals surface area (Å²) in [6.07, 6.45) is 3.38. The van der Waals surface area contributed by atoms with Gasteiger partial charge in [-0.2, -0.15) is 0 Å². The molecule has 2 aromatic carbocycles. The summed E-state index contributed by atoms with van der Waals surface area (Å²) < 4.78 is 17.6. The van der Waals surface area contributed by atoms with Crippen molar-refractivity contribution in [2.24, 2.45) is 0 Å². The van der Waals surface area contributed by atoms with E-state index < -0.39 is 0 Å². The second-order valence-electron chi connectivity index (χ2n) is 8.13. The Morgan fingerprint density at radius 2 is 1.94 bits per heavy atom. The Kier molecular flexibility index (Phi) is 6.46. The molecule has 31 heavy (non-hydrogen) atoms. The molecular weight excluding hydrogens is 460 g/mol. The lowest BCUT2D eigenvalue weighted by atomic mass is 10.0. The molecule has 5 nitrogen and oxygen atoms in total. The number of fused-ring (bicyclic) bond motifs is 3. The average molecular weight is 485 g/mol. The third kappa shape index (κ3) is 4.85. The molecule has 0 atom stereocenters. The minimum absolute atomic E-state index is 0.230. The molecule has 1 heterocycles. The Hall–Kier alpha value is -2.60. The second-order valence-corrected chi connectivity index (χ2v) is 8.98. The first-order valence-electron chi connectivity index (χ1n) is 10.6. The van der Waals surface area contributed by atoms with Crippen LogP contribution in [0.1, 0.15) is 55.7 Å². The molecule has 1 aliphatic carbocycles. The summed E-state index contributed by atoms with van der Waals surface area (Å²) in [6, 6.07) is 11.3. The highest BCUT2D eigenvalue weighted by molar-refractivity contribution is 9.10. The lowest BCUT2D eigenvalue weighted by Gasteiger charge is -2.11. The van der Waals surface area contributed by atoms with Crippen molar-refractivity contribution in [1.82, 2.24) is 0 Å². The van der Waals surface area contributed by atoms with E-state index in [4.69, 9.17) is 13.9 Å². The Bertz CT molecular complexity index is 1180. The lowest BCUT2D eigenvalue weighted by Crippen LogP contribution is -2.10. The predicted molar refractivity (Wildman–Crippen MR) is 123 cm³/mol. The standard InChI is InChI=1S/C25H25BrO5/c1-15(2)16-8-11-22(21(26)13-16)29-12-4-7-24(27)30-17-9-10-19-18-5-3-6-20(18)25(28)31-23(19)14-17/h8-11,13-15H,3-7,12H2,1-2H3. The molecule has 1 aromatic heterocycles. The van der Waals surface area contributed by atoms with Crippen molar-refractivity contribution in [3.05, 3.63) is 68.0 Å². The summed E-state index contributed by atoms with van der Waals surface area (Å²) >= 11 is 3.54. The SMILES string of the molecule is CC(C)c1ccc(OCCCC(=O)Oc2ccc3c4c(c(=O)oc3c2)CCC4)c(Br)c1. The van der Waals surface area contributed by atoms with Crippen molar-refractivity contribution in [2.45, 2.75) is 51.9 Å². The van der Waals surface area contributed by atoms with Gasteiger partial charge in [0.25, 0.3) is 0 Å². The summed E-state index contributed by atoms with van der Waals surface area (Å²) in [6.45, 7) is 4.70. The largest absolute Gasteiger partial charge is 0.492 e. The number of aryl methyl sites for hydroxylation is 1. The van der Waals surface area contributed by atoms with Crippen LogP contribution in [0, 0.1) is 0 Å². The number of ether oxygens (including phenoxy) is 2. The van der Waals surface area contributed by atoms with E-state index in [-0.39, 0.29) is 18.0 Å². The lowest BCUT2D eigenvalue weighted by molar-refractivity contribution is -0.134. The fourth-order valence-electron chi connectivity index (χ4n) is 3.90. The molecule has 0 radical (unpaired) electrons. The van der Waals surface area contributed by atoms with E-state index in [2.05, 4.69) is 35.8 Å².